The lowest BCUT2D eigenvalue weighted by molar-refractivity contribution is -0.127. The van der Waals surface area contributed by atoms with Crippen LogP contribution in [-0.4, -0.2) is 55.1 Å². The molecule has 8 heteroatoms. The lowest BCUT2D eigenvalue weighted by Crippen LogP contribution is -2.66. The maximum absolute atomic E-state index is 12.0. The summed E-state index contributed by atoms with van der Waals surface area (Å²) >= 11 is 0. The number of aromatic nitrogens is 1. The number of amides is 1. The molecule has 222 valence electrons. The molecule has 2 saturated heterocycles. The van der Waals surface area contributed by atoms with E-state index >= 15 is 0 Å². The molecule has 2 aliphatic heterocycles. The van der Waals surface area contributed by atoms with Crippen molar-refractivity contribution in [2.45, 2.75) is 70.6 Å². The highest BCUT2D eigenvalue weighted by molar-refractivity contribution is 5.68. The van der Waals surface area contributed by atoms with E-state index in [-0.39, 0.29) is 29.3 Å². The van der Waals surface area contributed by atoms with Crippen molar-refractivity contribution in [1.82, 2.24) is 10.3 Å². The van der Waals surface area contributed by atoms with E-state index in [1.807, 2.05) is 57.2 Å². The zero-order valence-corrected chi connectivity index (χ0v) is 25.2. The normalized spacial score (nSPS) is 21.0. The van der Waals surface area contributed by atoms with E-state index < -0.39 is 0 Å². The fraction of sp³-hybridized carbons (Fsp3) is 0.471. The number of ether oxygens (including phenoxy) is 4. The molecule has 1 spiro atoms. The molecule has 3 aliphatic rings. The fourth-order valence-electron chi connectivity index (χ4n) is 5.70. The molecule has 3 fully saturated rings. The Balaban J connectivity index is 0.987. The van der Waals surface area contributed by atoms with Crippen LogP contribution in [0.1, 0.15) is 58.6 Å². The first-order chi connectivity index (χ1) is 20.0. The number of hydrogen-bond acceptors (Lipinski definition) is 7. The van der Waals surface area contributed by atoms with Gasteiger partial charge in [0.1, 0.15) is 35.3 Å². The topological polar surface area (TPSA) is 82.2 Å². The molecule has 0 unspecified atom stereocenters. The Labute approximate surface area is 248 Å². The molecule has 1 aromatic heterocycles. The predicted molar refractivity (Wildman–Crippen MR) is 162 cm³/mol. The number of rotatable bonds is 8. The van der Waals surface area contributed by atoms with E-state index in [9.17, 15) is 4.79 Å². The van der Waals surface area contributed by atoms with Crippen LogP contribution in [0, 0.1) is 5.41 Å². The summed E-state index contributed by atoms with van der Waals surface area (Å²) < 4.78 is 23.0. The molecule has 42 heavy (non-hydrogen) atoms. The predicted octanol–water partition coefficient (Wildman–Crippen LogP) is 6.47. The van der Waals surface area contributed by atoms with E-state index in [1.54, 1.807) is 6.20 Å². The molecule has 3 heterocycles. The van der Waals surface area contributed by atoms with Crippen molar-refractivity contribution in [3.63, 3.8) is 0 Å². The van der Waals surface area contributed by atoms with Crippen LogP contribution in [-0.2, 0) is 14.9 Å². The summed E-state index contributed by atoms with van der Waals surface area (Å²) in [6.07, 6.45) is 2.78. The second-order valence-corrected chi connectivity index (χ2v) is 13.6. The Kier molecular flexibility index (Phi) is 7.29. The lowest BCUT2D eigenvalue weighted by atomic mass is 9.78. The van der Waals surface area contributed by atoms with Crippen LogP contribution < -0.4 is 19.7 Å². The molecule has 1 aliphatic carbocycles. The second-order valence-electron chi connectivity index (χ2n) is 13.6. The summed E-state index contributed by atoms with van der Waals surface area (Å²) in [5.74, 6) is 3.31. The number of pyridine rings is 1. The van der Waals surface area contributed by atoms with Gasteiger partial charge in [-0.25, -0.2) is 9.78 Å². The minimum Gasteiger partial charge on any atom is -0.490 e. The molecule has 0 atom stereocenters. The molecule has 8 nitrogen and oxygen atoms in total. The van der Waals surface area contributed by atoms with Gasteiger partial charge in [0.05, 0.1) is 24.8 Å². The van der Waals surface area contributed by atoms with Crippen molar-refractivity contribution in [1.29, 1.82) is 0 Å². The summed E-state index contributed by atoms with van der Waals surface area (Å²) in [7, 11) is 0. The van der Waals surface area contributed by atoms with Crippen molar-refractivity contribution in [2.24, 2.45) is 5.41 Å². The van der Waals surface area contributed by atoms with Gasteiger partial charge in [0.2, 0.25) is 0 Å². The molecule has 1 N–H and O–H groups in total. The molecule has 2 aromatic carbocycles. The average molecular weight is 572 g/mol. The highest BCUT2D eigenvalue weighted by atomic mass is 16.6. The van der Waals surface area contributed by atoms with Gasteiger partial charge in [-0.1, -0.05) is 38.1 Å². The number of carbonyl (C=O) groups excluding carboxylic acids is 1. The van der Waals surface area contributed by atoms with Crippen LogP contribution in [0.15, 0.2) is 66.9 Å². The van der Waals surface area contributed by atoms with E-state index in [2.05, 4.69) is 53.3 Å². The van der Waals surface area contributed by atoms with Crippen LogP contribution in [0.25, 0.3) is 0 Å². The SMILES string of the molecule is CC(C)(C)NC(=O)OC1CC(Oc2ccc(C(C)(C)c3ccc(Oc4ccc(N5CC6(COC6)C5)nc4)cc3)cc2)C1. The molecule has 1 amide bonds. The van der Waals surface area contributed by atoms with E-state index in [0.29, 0.717) is 18.3 Å². The van der Waals surface area contributed by atoms with Crippen molar-refractivity contribution in [3.05, 3.63) is 78.0 Å². The number of alkyl carbamates (subject to hydrolysis) is 1. The van der Waals surface area contributed by atoms with Crippen molar-refractivity contribution in [2.75, 3.05) is 31.2 Å². The molecule has 0 bridgehead atoms. The van der Waals surface area contributed by atoms with Gasteiger partial charge in [-0.2, -0.15) is 0 Å². The Hall–Kier alpha value is -3.78. The maximum atomic E-state index is 12.0. The van der Waals surface area contributed by atoms with Crippen LogP contribution in [0.3, 0.4) is 0 Å². The van der Waals surface area contributed by atoms with Gasteiger partial charge < -0.3 is 29.2 Å². The van der Waals surface area contributed by atoms with Gasteiger partial charge in [0.15, 0.2) is 0 Å². The second kappa shape index (κ2) is 10.8. The molecule has 1 saturated carbocycles. The number of benzene rings is 2. The maximum Gasteiger partial charge on any atom is 0.407 e. The van der Waals surface area contributed by atoms with Crippen molar-refractivity contribution in [3.8, 4) is 17.2 Å². The number of nitrogens with one attached hydrogen (secondary N) is 1. The Morgan fingerprint density at radius 1 is 0.857 bits per heavy atom. The van der Waals surface area contributed by atoms with Gasteiger partial charge >= 0.3 is 6.09 Å². The van der Waals surface area contributed by atoms with Gasteiger partial charge in [-0.15, -0.1) is 0 Å². The van der Waals surface area contributed by atoms with Crippen LogP contribution in [0.5, 0.6) is 17.2 Å². The van der Waals surface area contributed by atoms with Gasteiger partial charge in [-0.3, -0.25) is 0 Å². The average Bonchev–Trinajstić information content (AvgIpc) is 2.86. The van der Waals surface area contributed by atoms with E-state index in [4.69, 9.17) is 18.9 Å². The van der Waals surface area contributed by atoms with Crippen molar-refractivity contribution < 1.29 is 23.7 Å². The van der Waals surface area contributed by atoms with Gasteiger partial charge in [-0.05, 0) is 68.3 Å². The molecular weight excluding hydrogens is 530 g/mol. The number of carbonyl (C=O) groups is 1. The minimum atomic E-state index is -0.372. The Morgan fingerprint density at radius 2 is 1.45 bits per heavy atom. The van der Waals surface area contributed by atoms with Crippen LogP contribution in [0.2, 0.25) is 0 Å². The summed E-state index contributed by atoms with van der Waals surface area (Å²) in [5.41, 5.74) is 2.24. The first-order valence-electron chi connectivity index (χ1n) is 14.8. The summed E-state index contributed by atoms with van der Waals surface area (Å²) in [4.78, 5) is 18.9. The van der Waals surface area contributed by atoms with Gasteiger partial charge in [0, 0.05) is 36.9 Å². The number of hydrogen-bond donors (Lipinski definition) is 1. The van der Waals surface area contributed by atoms with Gasteiger partial charge in [0.25, 0.3) is 0 Å². The highest BCUT2D eigenvalue weighted by Gasteiger charge is 2.49. The highest BCUT2D eigenvalue weighted by Crippen LogP contribution is 2.40. The third-order valence-electron chi connectivity index (χ3n) is 8.41. The summed E-state index contributed by atoms with van der Waals surface area (Å²) in [5, 5.41) is 2.83. The minimum absolute atomic E-state index is 0.0560. The first-order valence-corrected chi connectivity index (χ1v) is 14.8. The van der Waals surface area contributed by atoms with Crippen LogP contribution in [0.4, 0.5) is 10.6 Å². The molecular formula is C34H41N3O5. The first kappa shape index (κ1) is 28.3. The molecule has 0 radical (unpaired) electrons. The number of nitrogens with zero attached hydrogens (tertiary/aromatic N) is 2. The Morgan fingerprint density at radius 3 is 1.98 bits per heavy atom. The smallest absolute Gasteiger partial charge is 0.407 e. The Bertz CT molecular complexity index is 1380. The van der Waals surface area contributed by atoms with Crippen LogP contribution >= 0.6 is 0 Å². The fourth-order valence-corrected chi connectivity index (χ4v) is 5.70. The standard InChI is InChI=1S/C34H41N3O5/c1-32(2,3)36-31(38)42-29-16-28(17-29)41-26-12-8-24(9-13-26)33(4,5)23-6-10-25(11-7-23)40-27-14-15-30(35-18-27)37-19-34(20-37)21-39-22-34/h6-15,18,28-29H,16-17,19-22H2,1-5H3,(H,36,38). The van der Waals surface area contributed by atoms with Crippen molar-refractivity contribution >= 4 is 11.9 Å². The molecule has 6 rings (SSSR count). The summed E-state index contributed by atoms with van der Waals surface area (Å²) in [6.45, 7) is 14.0. The third-order valence-corrected chi connectivity index (χ3v) is 8.41. The molecule has 3 aromatic rings. The van der Waals surface area contributed by atoms with E-state index in [1.165, 1.54) is 11.1 Å². The lowest BCUT2D eigenvalue weighted by Gasteiger charge is -2.55. The summed E-state index contributed by atoms with van der Waals surface area (Å²) in [6, 6.07) is 20.5. The third kappa shape index (κ3) is 6.19. The monoisotopic (exact) mass is 571 g/mol. The largest absolute Gasteiger partial charge is 0.490 e. The zero-order valence-electron chi connectivity index (χ0n) is 25.2. The number of anilines is 1. The zero-order chi connectivity index (χ0) is 29.5. The quantitative estimate of drug-likeness (QED) is 0.332. The van der Waals surface area contributed by atoms with E-state index in [0.717, 1.165) is 49.4 Å².